The predicted octanol–water partition coefficient (Wildman–Crippen LogP) is 2.89. The molecule has 1 aliphatic heterocycles. The van der Waals surface area contributed by atoms with E-state index >= 15 is 0 Å². The summed E-state index contributed by atoms with van der Waals surface area (Å²) in [5.74, 6) is 0.912. The van der Waals surface area contributed by atoms with Crippen LogP contribution in [0.25, 0.3) is 0 Å². The Labute approximate surface area is 116 Å². The number of hydrogen-bond acceptors (Lipinski definition) is 3. The first kappa shape index (κ1) is 12.7. The van der Waals surface area contributed by atoms with E-state index in [-0.39, 0.29) is 11.9 Å². The van der Waals surface area contributed by atoms with Crippen LogP contribution in [0.15, 0.2) is 35.4 Å². The molecule has 0 amide bonds. The van der Waals surface area contributed by atoms with Gasteiger partial charge in [-0.05, 0) is 42.0 Å². The number of halogens is 1. The van der Waals surface area contributed by atoms with Gasteiger partial charge in [0.25, 0.3) is 0 Å². The monoisotopic (exact) mass is 277 g/mol. The predicted molar refractivity (Wildman–Crippen MR) is 74.5 cm³/mol. The zero-order chi connectivity index (χ0) is 13.2. The molecule has 1 N–H and O–H groups in total. The van der Waals surface area contributed by atoms with Crippen molar-refractivity contribution in [3.8, 4) is 0 Å². The Morgan fingerprint density at radius 2 is 2.37 bits per heavy atom. The molecular formula is C14H16FN3S. The number of nitrogens with zero attached hydrogens (tertiary/aromatic N) is 2. The fourth-order valence-corrected chi connectivity index (χ4v) is 3.49. The lowest BCUT2D eigenvalue weighted by Gasteiger charge is -2.26. The van der Waals surface area contributed by atoms with Crippen LogP contribution in [0.4, 0.5) is 4.39 Å². The number of fused-ring (bicyclic) bond motifs is 1. The minimum Gasteiger partial charge on any atom is -0.304 e. The summed E-state index contributed by atoms with van der Waals surface area (Å²) in [6.45, 7) is 0.752. The lowest BCUT2D eigenvalue weighted by molar-refractivity contribution is 0.491. The zero-order valence-electron chi connectivity index (χ0n) is 10.8. The van der Waals surface area contributed by atoms with Gasteiger partial charge in [-0.3, -0.25) is 4.68 Å². The van der Waals surface area contributed by atoms with Gasteiger partial charge >= 0.3 is 0 Å². The Balaban J connectivity index is 1.76. The minimum absolute atomic E-state index is 0.159. The fourth-order valence-electron chi connectivity index (χ4n) is 2.38. The van der Waals surface area contributed by atoms with Gasteiger partial charge in [0.1, 0.15) is 5.82 Å². The van der Waals surface area contributed by atoms with E-state index in [9.17, 15) is 4.39 Å². The van der Waals surface area contributed by atoms with Crippen LogP contribution in [-0.4, -0.2) is 15.5 Å². The number of aromatic nitrogens is 2. The number of thioether (sulfide) groups is 1. The Morgan fingerprint density at radius 1 is 1.47 bits per heavy atom. The van der Waals surface area contributed by atoms with Crippen LogP contribution in [0.2, 0.25) is 0 Å². The van der Waals surface area contributed by atoms with E-state index in [2.05, 4.69) is 10.4 Å². The highest BCUT2D eigenvalue weighted by atomic mass is 32.2. The second-order valence-electron chi connectivity index (χ2n) is 4.70. The summed E-state index contributed by atoms with van der Waals surface area (Å²) in [4.78, 5) is 1.19. The average molecular weight is 277 g/mol. The second kappa shape index (κ2) is 5.35. The quantitative estimate of drug-likeness (QED) is 0.935. The molecule has 3 rings (SSSR count). The maximum Gasteiger partial charge on any atom is 0.123 e. The molecule has 3 nitrogen and oxygen atoms in total. The number of aryl methyl sites for hydroxylation is 1. The molecule has 100 valence electrons. The molecule has 1 aliphatic rings. The molecule has 1 atom stereocenters. The van der Waals surface area contributed by atoms with Crippen LogP contribution in [0.3, 0.4) is 0 Å². The van der Waals surface area contributed by atoms with Gasteiger partial charge in [0.15, 0.2) is 0 Å². The lowest BCUT2D eigenvalue weighted by Crippen LogP contribution is -2.25. The molecule has 1 aromatic carbocycles. The molecule has 2 heterocycles. The number of rotatable bonds is 3. The van der Waals surface area contributed by atoms with Crippen molar-refractivity contribution in [3.63, 3.8) is 0 Å². The van der Waals surface area contributed by atoms with Crippen molar-refractivity contribution in [2.45, 2.75) is 23.9 Å². The minimum atomic E-state index is -0.159. The Morgan fingerprint density at radius 3 is 3.16 bits per heavy atom. The molecule has 0 bridgehead atoms. The number of hydrogen-bond donors (Lipinski definition) is 1. The van der Waals surface area contributed by atoms with E-state index < -0.39 is 0 Å². The Kier molecular flexibility index (Phi) is 3.57. The normalized spacial score (nSPS) is 18.3. The molecular weight excluding hydrogens is 261 g/mol. The van der Waals surface area contributed by atoms with Crippen molar-refractivity contribution in [1.29, 1.82) is 0 Å². The lowest BCUT2D eigenvalue weighted by atomic mass is 10.0. The van der Waals surface area contributed by atoms with Crippen molar-refractivity contribution in [2.24, 2.45) is 7.05 Å². The maximum absolute atomic E-state index is 13.4. The summed E-state index contributed by atoms with van der Waals surface area (Å²) < 4.78 is 15.3. The van der Waals surface area contributed by atoms with Crippen LogP contribution in [0.5, 0.6) is 0 Å². The topological polar surface area (TPSA) is 29.9 Å². The van der Waals surface area contributed by atoms with Crippen LogP contribution in [-0.2, 0) is 13.6 Å². The van der Waals surface area contributed by atoms with E-state index in [0.29, 0.717) is 0 Å². The fraction of sp³-hybridized carbons (Fsp3) is 0.357. The highest BCUT2D eigenvalue weighted by molar-refractivity contribution is 7.99. The third kappa shape index (κ3) is 2.67. The summed E-state index contributed by atoms with van der Waals surface area (Å²) >= 11 is 1.80. The molecule has 0 saturated carbocycles. The van der Waals surface area contributed by atoms with E-state index in [1.165, 1.54) is 11.0 Å². The van der Waals surface area contributed by atoms with E-state index in [0.717, 1.165) is 30.0 Å². The summed E-state index contributed by atoms with van der Waals surface area (Å²) in [6, 6.07) is 7.30. The molecule has 19 heavy (non-hydrogen) atoms. The molecule has 0 radical (unpaired) electrons. The molecule has 1 unspecified atom stereocenters. The summed E-state index contributed by atoms with van der Waals surface area (Å²) in [6.07, 6.45) is 2.82. The van der Waals surface area contributed by atoms with Gasteiger partial charge in [-0.15, -0.1) is 11.8 Å². The average Bonchev–Trinajstić information content (AvgIpc) is 2.82. The van der Waals surface area contributed by atoms with E-state index in [1.807, 2.05) is 23.9 Å². The van der Waals surface area contributed by atoms with Crippen molar-refractivity contribution in [1.82, 2.24) is 15.1 Å². The molecule has 0 saturated heterocycles. The largest absolute Gasteiger partial charge is 0.304 e. The van der Waals surface area contributed by atoms with Gasteiger partial charge in [-0.1, -0.05) is 0 Å². The smallest absolute Gasteiger partial charge is 0.123 e. The van der Waals surface area contributed by atoms with Crippen LogP contribution >= 0.6 is 11.8 Å². The Hall–Kier alpha value is -1.33. The maximum atomic E-state index is 13.4. The first-order valence-corrected chi connectivity index (χ1v) is 7.35. The zero-order valence-corrected chi connectivity index (χ0v) is 11.6. The van der Waals surface area contributed by atoms with Gasteiger partial charge in [-0.2, -0.15) is 5.10 Å². The third-order valence-corrected chi connectivity index (χ3v) is 4.59. The van der Waals surface area contributed by atoms with Crippen molar-refractivity contribution >= 4 is 11.8 Å². The first-order valence-electron chi connectivity index (χ1n) is 6.36. The molecule has 0 aliphatic carbocycles. The first-order chi connectivity index (χ1) is 9.24. The third-order valence-electron chi connectivity index (χ3n) is 3.46. The summed E-state index contributed by atoms with van der Waals surface area (Å²) in [5.41, 5.74) is 2.22. The Bertz CT molecular complexity index is 582. The van der Waals surface area contributed by atoms with E-state index in [1.54, 1.807) is 24.0 Å². The molecule has 2 aromatic rings. The molecule has 5 heteroatoms. The molecule has 0 spiro atoms. The van der Waals surface area contributed by atoms with Gasteiger partial charge in [-0.25, -0.2) is 4.39 Å². The van der Waals surface area contributed by atoms with Crippen molar-refractivity contribution in [2.75, 3.05) is 5.75 Å². The van der Waals surface area contributed by atoms with Gasteiger partial charge < -0.3 is 5.32 Å². The standard InChI is InChI=1S/C14H16FN3S/c1-18-11(4-6-17-18)9-16-13-5-7-19-14-3-2-10(15)8-12(13)14/h2-4,6,8,13,16H,5,7,9H2,1H3. The number of nitrogens with one attached hydrogen (secondary N) is 1. The van der Waals surface area contributed by atoms with Crippen molar-refractivity contribution < 1.29 is 4.39 Å². The SMILES string of the molecule is Cn1nccc1CNC1CCSc2ccc(F)cc21. The number of benzene rings is 1. The molecule has 1 aromatic heterocycles. The van der Waals surface area contributed by atoms with Gasteiger partial charge in [0, 0.05) is 30.7 Å². The van der Waals surface area contributed by atoms with Crippen LogP contribution < -0.4 is 5.32 Å². The van der Waals surface area contributed by atoms with Gasteiger partial charge in [0.05, 0.1) is 5.69 Å². The second-order valence-corrected chi connectivity index (χ2v) is 5.84. The summed E-state index contributed by atoms with van der Waals surface area (Å²) in [7, 11) is 1.93. The van der Waals surface area contributed by atoms with E-state index in [4.69, 9.17) is 0 Å². The van der Waals surface area contributed by atoms with Crippen LogP contribution in [0.1, 0.15) is 23.7 Å². The molecule has 0 fully saturated rings. The highest BCUT2D eigenvalue weighted by Gasteiger charge is 2.21. The van der Waals surface area contributed by atoms with Crippen molar-refractivity contribution in [3.05, 3.63) is 47.5 Å². The van der Waals surface area contributed by atoms with Gasteiger partial charge in [0.2, 0.25) is 0 Å². The highest BCUT2D eigenvalue weighted by Crippen LogP contribution is 2.36. The summed E-state index contributed by atoms with van der Waals surface area (Å²) in [5, 5.41) is 7.66. The van der Waals surface area contributed by atoms with Crippen LogP contribution in [0, 0.1) is 5.82 Å².